The van der Waals surface area contributed by atoms with Crippen LogP contribution in [0.4, 0.5) is 0 Å². The number of rotatable bonds is 6. The second-order valence-electron chi connectivity index (χ2n) is 5.75. The summed E-state index contributed by atoms with van der Waals surface area (Å²) in [6.07, 6.45) is 0.0891. The summed E-state index contributed by atoms with van der Waals surface area (Å²) in [5, 5.41) is 8.86. The van der Waals surface area contributed by atoms with Gasteiger partial charge in [0.1, 0.15) is 12.4 Å². The normalized spacial score (nSPS) is 10.7. The number of hydrogen-bond acceptors (Lipinski definition) is 4. The van der Waals surface area contributed by atoms with Gasteiger partial charge in [-0.15, -0.1) is 0 Å². The molecule has 3 rings (SSSR count). The molecule has 0 bridgehead atoms. The van der Waals surface area contributed by atoms with E-state index >= 15 is 0 Å². The second kappa shape index (κ2) is 8.01. The van der Waals surface area contributed by atoms with Crippen LogP contribution in [0.2, 0.25) is 5.02 Å². The number of ether oxygens (including phenoxy) is 1. The van der Waals surface area contributed by atoms with Crippen molar-refractivity contribution in [3.05, 3.63) is 69.6 Å². The molecule has 0 radical (unpaired) electrons. The van der Waals surface area contributed by atoms with Gasteiger partial charge >= 0.3 is 0 Å². The van der Waals surface area contributed by atoms with Gasteiger partial charge in [0.15, 0.2) is 0 Å². The third-order valence-electron chi connectivity index (χ3n) is 3.85. The Morgan fingerprint density at radius 3 is 2.73 bits per heavy atom. The predicted octanol–water partition coefficient (Wildman–Crippen LogP) is 2.32. The van der Waals surface area contributed by atoms with E-state index in [-0.39, 0.29) is 17.9 Å². The van der Waals surface area contributed by atoms with E-state index in [1.54, 1.807) is 49.5 Å². The third-order valence-corrected chi connectivity index (χ3v) is 4.09. The molecule has 0 aliphatic rings. The summed E-state index contributed by atoms with van der Waals surface area (Å²) in [5.41, 5.74) is 0.385. The first-order chi connectivity index (χ1) is 12.5. The van der Waals surface area contributed by atoms with Gasteiger partial charge in [-0.05, 0) is 24.3 Å². The van der Waals surface area contributed by atoms with E-state index in [2.05, 4.69) is 10.4 Å². The van der Waals surface area contributed by atoms with Crippen LogP contribution in [0.1, 0.15) is 5.69 Å². The highest BCUT2D eigenvalue weighted by atomic mass is 35.5. The maximum atomic E-state index is 12.2. The Labute approximate surface area is 155 Å². The summed E-state index contributed by atoms with van der Waals surface area (Å²) in [6.45, 7) is 0.683. The predicted molar refractivity (Wildman–Crippen MR) is 101 cm³/mol. The van der Waals surface area contributed by atoms with Gasteiger partial charge in [0.2, 0.25) is 5.91 Å². The van der Waals surface area contributed by atoms with Crippen LogP contribution in [0.15, 0.2) is 53.3 Å². The fourth-order valence-corrected chi connectivity index (χ4v) is 2.82. The average Bonchev–Trinajstić information content (AvgIpc) is 2.63. The Morgan fingerprint density at radius 2 is 1.96 bits per heavy atom. The van der Waals surface area contributed by atoms with Crippen LogP contribution in [0, 0.1) is 0 Å². The molecule has 0 atom stereocenters. The van der Waals surface area contributed by atoms with Crippen LogP contribution in [-0.2, 0) is 18.3 Å². The molecule has 0 saturated heterocycles. The molecular formula is C19H18ClN3O3. The Morgan fingerprint density at radius 1 is 1.19 bits per heavy atom. The number of aromatic nitrogens is 2. The van der Waals surface area contributed by atoms with Crippen molar-refractivity contribution < 1.29 is 9.53 Å². The second-order valence-corrected chi connectivity index (χ2v) is 6.19. The van der Waals surface area contributed by atoms with Crippen LogP contribution >= 0.6 is 11.6 Å². The number of benzene rings is 2. The number of hydrogen-bond donors (Lipinski definition) is 1. The van der Waals surface area contributed by atoms with Crippen LogP contribution < -0.4 is 15.6 Å². The fraction of sp³-hybridized carbons (Fsp3) is 0.211. The van der Waals surface area contributed by atoms with E-state index in [1.165, 1.54) is 4.68 Å². The zero-order valence-corrected chi connectivity index (χ0v) is 15.0. The number of aryl methyl sites for hydroxylation is 1. The maximum Gasteiger partial charge on any atom is 0.274 e. The van der Waals surface area contributed by atoms with Crippen molar-refractivity contribution in [1.82, 2.24) is 15.1 Å². The van der Waals surface area contributed by atoms with Gasteiger partial charge < -0.3 is 10.1 Å². The lowest BCUT2D eigenvalue weighted by atomic mass is 10.1. The highest BCUT2D eigenvalue weighted by Crippen LogP contribution is 2.17. The zero-order chi connectivity index (χ0) is 18.5. The topological polar surface area (TPSA) is 73.2 Å². The molecule has 0 aliphatic heterocycles. The van der Waals surface area contributed by atoms with Crippen LogP contribution in [0.25, 0.3) is 10.8 Å². The largest absolute Gasteiger partial charge is 0.492 e. The van der Waals surface area contributed by atoms with Gasteiger partial charge in [-0.3, -0.25) is 9.59 Å². The van der Waals surface area contributed by atoms with E-state index in [1.807, 2.05) is 6.07 Å². The minimum absolute atomic E-state index is 0.0891. The number of nitrogens with one attached hydrogen (secondary N) is 1. The third kappa shape index (κ3) is 4.21. The Bertz CT molecular complexity index is 1000. The highest BCUT2D eigenvalue weighted by Gasteiger charge is 2.12. The lowest BCUT2D eigenvalue weighted by Gasteiger charge is -2.10. The SMILES string of the molecule is Cn1nc(CC(=O)NCCOc2cccc(Cl)c2)c2ccccc2c1=O. The highest BCUT2D eigenvalue weighted by molar-refractivity contribution is 6.30. The molecule has 6 nitrogen and oxygen atoms in total. The molecule has 26 heavy (non-hydrogen) atoms. The molecule has 3 aromatic rings. The smallest absolute Gasteiger partial charge is 0.274 e. The molecular weight excluding hydrogens is 354 g/mol. The first-order valence-corrected chi connectivity index (χ1v) is 8.52. The monoisotopic (exact) mass is 371 g/mol. The van der Waals surface area contributed by atoms with Gasteiger partial charge in [-0.2, -0.15) is 5.10 Å². The van der Waals surface area contributed by atoms with Crippen molar-refractivity contribution in [3.8, 4) is 5.75 Å². The molecule has 1 aromatic heterocycles. The van der Waals surface area contributed by atoms with Crippen LogP contribution in [0.5, 0.6) is 5.75 Å². The molecule has 0 fully saturated rings. The first-order valence-electron chi connectivity index (χ1n) is 8.14. The first kappa shape index (κ1) is 17.9. The van der Waals surface area contributed by atoms with E-state index in [4.69, 9.17) is 16.3 Å². The summed E-state index contributed by atoms with van der Waals surface area (Å²) < 4.78 is 6.79. The molecule has 7 heteroatoms. The molecule has 2 aromatic carbocycles. The molecule has 1 amide bonds. The van der Waals surface area contributed by atoms with E-state index in [0.717, 1.165) is 0 Å². The number of nitrogens with zero attached hydrogens (tertiary/aromatic N) is 2. The van der Waals surface area contributed by atoms with Crippen molar-refractivity contribution in [2.75, 3.05) is 13.2 Å². The van der Waals surface area contributed by atoms with Gasteiger partial charge in [0.05, 0.1) is 24.0 Å². The Hall–Kier alpha value is -2.86. The number of carbonyl (C=O) groups is 1. The van der Waals surface area contributed by atoms with Crippen molar-refractivity contribution >= 4 is 28.3 Å². The number of halogens is 1. The fourth-order valence-electron chi connectivity index (χ4n) is 2.64. The minimum atomic E-state index is -0.184. The van der Waals surface area contributed by atoms with E-state index in [9.17, 15) is 9.59 Å². The number of carbonyl (C=O) groups excluding carboxylic acids is 1. The van der Waals surface area contributed by atoms with Crippen LogP contribution in [0.3, 0.4) is 0 Å². The summed E-state index contributed by atoms with van der Waals surface area (Å²) in [5.74, 6) is 0.466. The molecule has 0 unspecified atom stereocenters. The average molecular weight is 372 g/mol. The van der Waals surface area contributed by atoms with Crippen molar-refractivity contribution in [3.63, 3.8) is 0 Å². The molecule has 1 heterocycles. The lowest BCUT2D eigenvalue weighted by Crippen LogP contribution is -2.31. The summed E-state index contributed by atoms with van der Waals surface area (Å²) in [7, 11) is 1.58. The summed E-state index contributed by atoms with van der Waals surface area (Å²) in [4.78, 5) is 24.3. The van der Waals surface area contributed by atoms with Gasteiger partial charge in [0, 0.05) is 17.5 Å². The minimum Gasteiger partial charge on any atom is -0.492 e. The summed E-state index contributed by atoms with van der Waals surface area (Å²) >= 11 is 5.89. The quantitative estimate of drug-likeness (QED) is 0.675. The Balaban J connectivity index is 1.59. The van der Waals surface area contributed by atoms with Gasteiger partial charge in [0.25, 0.3) is 5.56 Å². The van der Waals surface area contributed by atoms with Crippen molar-refractivity contribution in [2.24, 2.45) is 7.05 Å². The molecule has 0 saturated carbocycles. The molecule has 1 N–H and O–H groups in total. The number of fused-ring (bicyclic) bond motifs is 1. The number of amides is 1. The van der Waals surface area contributed by atoms with Gasteiger partial charge in [-0.25, -0.2) is 4.68 Å². The maximum absolute atomic E-state index is 12.2. The van der Waals surface area contributed by atoms with E-state index < -0.39 is 0 Å². The molecule has 0 spiro atoms. The van der Waals surface area contributed by atoms with Crippen molar-refractivity contribution in [2.45, 2.75) is 6.42 Å². The van der Waals surface area contributed by atoms with Crippen LogP contribution in [-0.4, -0.2) is 28.8 Å². The van der Waals surface area contributed by atoms with Gasteiger partial charge in [-0.1, -0.05) is 35.9 Å². The standard InChI is InChI=1S/C19H18ClN3O3/c1-23-19(25)16-8-3-2-7-15(16)17(22-23)12-18(24)21-9-10-26-14-6-4-5-13(20)11-14/h2-8,11H,9-10,12H2,1H3,(H,21,24). The lowest BCUT2D eigenvalue weighted by molar-refractivity contribution is -0.120. The summed E-state index contributed by atoms with van der Waals surface area (Å²) in [6, 6.07) is 14.2. The molecule has 0 aliphatic carbocycles. The molecule has 134 valence electrons. The van der Waals surface area contributed by atoms with Crippen molar-refractivity contribution in [1.29, 1.82) is 0 Å². The zero-order valence-electron chi connectivity index (χ0n) is 14.2. The van der Waals surface area contributed by atoms with E-state index in [0.29, 0.717) is 40.4 Å². The Kier molecular flexibility index (Phi) is 5.53.